The molecule has 2 amide bonds. The first-order chi connectivity index (χ1) is 14.8. The monoisotopic (exact) mass is 437 g/mol. The summed E-state index contributed by atoms with van der Waals surface area (Å²) in [6.07, 6.45) is 0.643. The largest absolute Gasteiger partial charge is 0.388 e. The van der Waals surface area contributed by atoms with E-state index in [9.17, 15) is 19.8 Å². The molecule has 1 fully saturated rings. The zero-order valence-corrected chi connectivity index (χ0v) is 18.7. The van der Waals surface area contributed by atoms with Crippen molar-refractivity contribution in [2.75, 3.05) is 46.5 Å². The fourth-order valence-corrected chi connectivity index (χ4v) is 3.50. The lowest BCUT2D eigenvalue weighted by atomic mass is 10.1. The average molecular weight is 438 g/mol. The molecule has 1 aliphatic heterocycles. The summed E-state index contributed by atoms with van der Waals surface area (Å²) in [5, 5.41) is 20.6. The predicted molar refractivity (Wildman–Crippen MR) is 115 cm³/mol. The number of aliphatic hydroxyl groups is 2. The second kappa shape index (κ2) is 12.7. The lowest BCUT2D eigenvalue weighted by Gasteiger charge is -2.31. The predicted octanol–water partition coefficient (Wildman–Crippen LogP) is 0.618. The van der Waals surface area contributed by atoms with Gasteiger partial charge >= 0.3 is 0 Å². The maximum atomic E-state index is 13.0. The van der Waals surface area contributed by atoms with Crippen LogP contribution in [0.3, 0.4) is 0 Å². The number of rotatable bonds is 2. The summed E-state index contributed by atoms with van der Waals surface area (Å²) in [5.41, 5.74) is 1.38. The van der Waals surface area contributed by atoms with E-state index in [0.29, 0.717) is 44.8 Å². The van der Waals surface area contributed by atoms with Crippen LogP contribution in [-0.4, -0.2) is 102 Å². The minimum absolute atomic E-state index is 0.0307. The Bertz CT molecular complexity index is 699. The van der Waals surface area contributed by atoms with E-state index in [4.69, 9.17) is 9.47 Å². The Morgan fingerprint density at radius 1 is 1.13 bits per heavy atom. The van der Waals surface area contributed by atoms with Crippen LogP contribution in [0.2, 0.25) is 0 Å². The third-order valence-electron chi connectivity index (χ3n) is 5.45. The van der Waals surface area contributed by atoms with Gasteiger partial charge in [0, 0.05) is 53.0 Å². The molecule has 0 aromatic carbocycles. The second-order valence-electron chi connectivity index (χ2n) is 7.95. The van der Waals surface area contributed by atoms with Crippen LogP contribution in [0.4, 0.5) is 0 Å². The Balaban J connectivity index is 2.12. The van der Waals surface area contributed by atoms with Gasteiger partial charge in [-0.1, -0.05) is 6.07 Å². The van der Waals surface area contributed by atoms with E-state index >= 15 is 0 Å². The van der Waals surface area contributed by atoms with E-state index in [1.165, 1.54) is 14.0 Å². The number of hydrogen-bond acceptors (Lipinski definition) is 7. The molecule has 2 heterocycles. The molecular weight excluding hydrogens is 402 g/mol. The maximum Gasteiger partial charge on any atom is 0.272 e. The number of aromatic nitrogens is 1. The van der Waals surface area contributed by atoms with Crippen molar-refractivity contribution in [2.45, 2.75) is 51.4 Å². The SMILES string of the molecule is CO[C@H]1CN(C(C)=O)CCCN(C(=O)c2ccc(C)cn2)CCCCOC[C@H](O)[C@@H]1O. The minimum atomic E-state index is -1.18. The van der Waals surface area contributed by atoms with Crippen LogP contribution >= 0.6 is 0 Å². The molecule has 0 spiro atoms. The Morgan fingerprint density at radius 3 is 2.48 bits per heavy atom. The van der Waals surface area contributed by atoms with Gasteiger partial charge < -0.3 is 29.5 Å². The first-order valence-corrected chi connectivity index (χ1v) is 10.8. The summed E-state index contributed by atoms with van der Waals surface area (Å²) >= 11 is 0. The van der Waals surface area contributed by atoms with Crippen molar-refractivity contribution < 1.29 is 29.3 Å². The number of pyridine rings is 1. The number of aryl methyl sites for hydroxylation is 1. The number of amides is 2. The molecule has 1 aromatic heterocycles. The first kappa shape index (κ1) is 25.2. The highest BCUT2D eigenvalue weighted by Crippen LogP contribution is 2.11. The van der Waals surface area contributed by atoms with Gasteiger partial charge in [0.25, 0.3) is 5.91 Å². The van der Waals surface area contributed by atoms with Gasteiger partial charge in [0.2, 0.25) is 5.91 Å². The van der Waals surface area contributed by atoms with Crippen LogP contribution in [0.25, 0.3) is 0 Å². The van der Waals surface area contributed by atoms with Crippen LogP contribution < -0.4 is 0 Å². The summed E-state index contributed by atoms with van der Waals surface area (Å²) in [5.74, 6) is -0.303. The standard InChI is InChI=1S/C22H35N3O6/c1-16-7-8-18(23-13-16)22(29)24-9-4-5-12-31-15-19(27)21(28)20(30-3)14-25(17(2)26)11-6-10-24/h7-8,13,19-21,27-28H,4-6,9-12,14-15H2,1-3H3/t19-,20-,21-/m0/s1. The van der Waals surface area contributed by atoms with Gasteiger partial charge in [-0.25, -0.2) is 0 Å². The molecule has 2 rings (SSSR count). The van der Waals surface area contributed by atoms with Crippen molar-refractivity contribution in [3.05, 3.63) is 29.6 Å². The molecule has 3 atom stereocenters. The maximum absolute atomic E-state index is 13.0. The fourth-order valence-electron chi connectivity index (χ4n) is 3.50. The van der Waals surface area contributed by atoms with Crippen LogP contribution in [0.1, 0.15) is 42.2 Å². The van der Waals surface area contributed by atoms with Crippen LogP contribution in [-0.2, 0) is 14.3 Å². The molecule has 9 nitrogen and oxygen atoms in total. The van der Waals surface area contributed by atoms with Crippen molar-refractivity contribution in [1.82, 2.24) is 14.8 Å². The molecule has 174 valence electrons. The first-order valence-electron chi connectivity index (χ1n) is 10.8. The zero-order valence-electron chi connectivity index (χ0n) is 18.7. The normalized spacial score (nSPS) is 24.9. The molecule has 0 aliphatic carbocycles. The number of methoxy groups -OCH3 is 1. The molecule has 2 N–H and O–H groups in total. The highest BCUT2D eigenvalue weighted by atomic mass is 16.5. The highest BCUT2D eigenvalue weighted by molar-refractivity contribution is 5.92. The molecule has 0 saturated carbocycles. The van der Waals surface area contributed by atoms with Crippen LogP contribution in [0.5, 0.6) is 0 Å². The van der Waals surface area contributed by atoms with Crippen molar-refractivity contribution in [1.29, 1.82) is 0 Å². The lowest BCUT2D eigenvalue weighted by molar-refractivity contribution is -0.136. The van der Waals surface area contributed by atoms with Gasteiger partial charge in [-0.15, -0.1) is 0 Å². The van der Waals surface area contributed by atoms with E-state index in [2.05, 4.69) is 4.98 Å². The Kier molecular flexibility index (Phi) is 10.3. The topological polar surface area (TPSA) is 112 Å². The molecule has 0 radical (unpaired) electrons. The van der Waals surface area contributed by atoms with Gasteiger partial charge in [-0.2, -0.15) is 0 Å². The van der Waals surface area contributed by atoms with Crippen molar-refractivity contribution in [2.24, 2.45) is 0 Å². The molecule has 1 aliphatic rings. The van der Waals surface area contributed by atoms with Crippen molar-refractivity contribution >= 4 is 11.8 Å². The lowest BCUT2D eigenvalue weighted by Crippen LogP contribution is -2.48. The zero-order chi connectivity index (χ0) is 22.8. The molecule has 0 bridgehead atoms. The van der Waals surface area contributed by atoms with E-state index in [1.807, 2.05) is 13.0 Å². The molecule has 0 unspecified atom stereocenters. The number of carbonyl (C=O) groups excluding carboxylic acids is 2. The summed E-state index contributed by atoms with van der Waals surface area (Å²) in [6.45, 7) is 5.31. The van der Waals surface area contributed by atoms with Crippen molar-refractivity contribution in [3.63, 3.8) is 0 Å². The smallest absolute Gasteiger partial charge is 0.272 e. The van der Waals surface area contributed by atoms with Crippen LogP contribution in [0.15, 0.2) is 18.3 Å². The third kappa shape index (κ3) is 7.84. The Hall–Kier alpha value is -2.07. The number of ether oxygens (including phenoxy) is 2. The minimum Gasteiger partial charge on any atom is -0.388 e. The van der Waals surface area contributed by atoms with Gasteiger partial charge in [0.15, 0.2) is 0 Å². The molecule has 1 aromatic rings. The molecule has 9 heteroatoms. The summed E-state index contributed by atoms with van der Waals surface area (Å²) < 4.78 is 10.8. The van der Waals surface area contributed by atoms with Gasteiger partial charge in [0.1, 0.15) is 24.0 Å². The summed E-state index contributed by atoms with van der Waals surface area (Å²) in [4.78, 5) is 32.7. The van der Waals surface area contributed by atoms with E-state index < -0.39 is 18.3 Å². The fraction of sp³-hybridized carbons (Fsp3) is 0.682. The molecule has 31 heavy (non-hydrogen) atoms. The van der Waals surface area contributed by atoms with Gasteiger partial charge in [-0.05, 0) is 37.8 Å². The molecule has 1 saturated heterocycles. The second-order valence-corrected chi connectivity index (χ2v) is 7.95. The van der Waals surface area contributed by atoms with E-state index in [0.717, 1.165) is 12.0 Å². The van der Waals surface area contributed by atoms with Gasteiger partial charge in [-0.3, -0.25) is 14.6 Å². The number of aliphatic hydroxyl groups excluding tert-OH is 2. The van der Waals surface area contributed by atoms with E-state index in [-0.39, 0.29) is 25.0 Å². The highest BCUT2D eigenvalue weighted by Gasteiger charge is 2.29. The average Bonchev–Trinajstić information content (AvgIpc) is 2.76. The quantitative estimate of drug-likeness (QED) is 0.697. The number of carbonyl (C=O) groups is 2. The van der Waals surface area contributed by atoms with Gasteiger partial charge in [0.05, 0.1) is 6.61 Å². The number of hydrogen-bond donors (Lipinski definition) is 2. The number of nitrogens with zero attached hydrogens (tertiary/aromatic N) is 3. The Labute approximate surface area is 184 Å². The van der Waals surface area contributed by atoms with E-state index in [1.54, 1.807) is 22.1 Å². The summed E-state index contributed by atoms with van der Waals surface area (Å²) in [6, 6.07) is 3.59. The van der Waals surface area contributed by atoms with Crippen molar-refractivity contribution in [3.8, 4) is 0 Å². The van der Waals surface area contributed by atoms with Crippen LogP contribution in [0, 0.1) is 6.92 Å². The third-order valence-corrected chi connectivity index (χ3v) is 5.45. The molecular formula is C22H35N3O6. The summed E-state index contributed by atoms with van der Waals surface area (Å²) in [7, 11) is 1.43. The Morgan fingerprint density at radius 2 is 1.84 bits per heavy atom.